The van der Waals surface area contributed by atoms with Crippen molar-refractivity contribution in [2.45, 2.75) is 24.2 Å². The molecule has 1 aliphatic rings. The molecule has 2 rings (SSSR count). The van der Waals surface area contributed by atoms with Crippen molar-refractivity contribution >= 4 is 21.6 Å². The summed E-state index contributed by atoms with van der Waals surface area (Å²) in [5.41, 5.74) is 0.233. The van der Waals surface area contributed by atoms with Gasteiger partial charge in [-0.25, -0.2) is 13.6 Å². The van der Waals surface area contributed by atoms with Crippen molar-refractivity contribution in [2.75, 3.05) is 5.32 Å². The second kappa shape index (κ2) is 5.54. The Morgan fingerprint density at radius 1 is 1.37 bits per heavy atom. The fraction of sp³-hybridized carbons (Fsp3) is 0.308. The molecule has 5 nitrogen and oxygen atoms in total. The highest BCUT2D eigenvalue weighted by Crippen LogP contribution is 2.23. The van der Waals surface area contributed by atoms with E-state index in [1.807, 2.05) is 6.08 Å². The summed E-state index contributed by atoms with van der Waals surface area (Å²) >= 11 is 0. The maximum Gasteiger partial charge on any atom is 0.240 e. The van der Waals surface area contributed by atoms with Gasteiger partial charge in [0.15, 0.2) is 0 Å². The van der Waals surface area contributed by atoms with Crippen molar-refractivity contribution in [3.63, 3.8) is 0 Å². The van der Waals surface area contributed by atoms with Gasteiger partial charge in [-0.1, -0.05) is 24.3 Å². The van der Waals surface area contributed by atoms with Gasteiger partial charge in [-0.05, 0) is 30.9 Å². The van der Waals surface area contributed by atoms with E-state index in [9.17, 15) is 13.2 Å². The molecule has 0 saturated heterocycles. The topological polar surface area (TPSA) is 89.3 Å². The molecule has 1 atom stereocenters. The number of anilines is 1. The van der Waals surface area contributed by atoms with Crippen LogP contribution in [0.2, 0.25) is 0 Å². The molecular formula is C13H16N2O3S. The zero-order valence-corrected chi connectivity index (χ0v) is 11.2. The molecule has 0 fully saturated rings. The summed E-state index contributed by atoms with van der Waals surface area (Å²) in [6.07, 6.45) is 6.38. The summed E-state index contributed by atoms with van der Waals surface area (Å²) < 4.78 is 22.8. The lowest BCUT2D eigenvalue weighted by Crippen LogP contribution is -2.19. The van der Waals surface area contributed by atoms with E-state index in [4.69, 9.17) is 5.14 Å². The molecule has 3 N–H and O–H groups in total. The SMILES string of the molecule is NS(=O)(=O)c1ccccc1NC(=O)CC1C=CCC1. The molecule has 1 amide bonds. The number of benzene rings is 1. The molecule has 1 aromatic rings. The van der Waals surface area contributed by atoms with Crippen LogP contribution in [0.4, 0.5) is 5.69 Å². The zero-order valence-electron chi connectivity index (χ0n) is 10.4. The number of carbonyl (C=O) groups excluding carboxylic acids is 1. The third kappa shape index (κ3) is 3.65. The fourth-order valence-corrected chi connectivity index (χ4v) is 2.82. The Balaban J connectivity index is 2.10. The average Bonchev–Trinajstić information content (AvgIpc) is 2.81. The predicted octanol–water partition coefficient (Wildman–Crippen LogP) is 1.63. The Bertz CT molecular complexity index is 608. The van der Waals surface area contributed by atoms with Gasteiger partial charge in [0.1, 0.15) is 4.90 Å². The van der Waals surface area contributed by atoms with Crippen LogP contribution in [0, 0.1) is 5.92 Å². The normalized spacial score (nSPS) is 18.5. The highest BCUT2D eigenvalue weighted by atomic mass is 32.2. The molecule has 1 aromatic carbocycles. The average molecular weight is 280 g/mol. The van der Waals surface area contributed by atoms with E-state index in [1.165, 1.54) is 12.1 Å². The summed E-state index contributed by atoms with van der Waals surface area (Å²) in [5.74, 6) is 0.0364. The molecule has 102 valence electrons. The number of nitrogens with one attached hydrogen (secondary N) is 1. The van der Waals surface area contributed by atoms with E-state index in [-0.39, 0.29) is 22.4 Å². The molecule has 0 saturated carbocycles. The van der Waals surface area contributed by atoms with Crippen LogP contribution in [0.15, 0.2) is 41.3 Å². The zero-order chi connectivity index (χ0) is 13.9. The van der Waals surface area contributed by atoms with E-state index < -0.39 is 10.0 Å². The minimum Gasteiger partial charge on any atom is -0.325 e. The standard InChI is InChI=1S/C13H16N2O3S/c14-19(17,18)12-8-4-3-7-11(12)15-13(16)9-10-5-1-2-6-10/h1,3-5,7-8,10H,2,6,9H2,(H,15,16)(H2,14,17,18). The van der Waals surface area contributed by atoms with Gasteiger partial charge in [0.2, 0.25) is 15.9 Å². The summed E-state index contributed by atoms with van der Waals surface area (Å²) in [6.45, 7) is 0. The molecule has 19 heavy (non-hydrogen) atoms. The van der Waals surface area contributed by atoms with Crippen LogP contribution < -0.4 is 10.5 Å². The van der Waals surface area contributed by atoms with Crippen LogP contribution in [0.5, 0.6) is 0 Å². The van der Waals surface area contributed by atoms with Gasteiger partial charge < -0.3 is 5.32 Å². The summed E-state index contributed by atoms with van der Waals surface area (Å²) in [5, 5.41) is 7.72. The second-order valence-corrected chi connectivity index (χ2v) is 6.09. The first kappa shape index (κ1) is 13.8. The van der Waals surface area contributed by atoms with Crippen LogP contribution >= 0.6 is 0 Å². The molecule has 6 heteroatoms. The quantitative estimate of drug-likeness (QED) is 0.821. The molecule has 0 aromatic heterocycles. The lowest BCUT2D eigenvalue weighted by molar-refractivity contribution is -0.116. The van der Waals surface area contributed by atoms with E-state index >= 15 is 0 Å². The van der Waals surface area contributed by atoms with E-state index in [0.717, 1.165) is 12.8 Å². The van der Waals surface area contributed by atoms with E-state index in [0.29, 0.717) is 6.42 Å². The smallest absolute Gasteiger partial charge is 0.240 e. The van der Waals surface area contributed by atoms with Crippen molar-refractivity contribution in [1.29, 1.82) is 0 Å². The number of rotatable bonds is 4. The number of carbonyl (C=O) groups is 1. The van der Waals surface area contributed by atoms with Crippen LogP contribution in [0.25, 0.3) is 0 Å². The number of para-hydroxylation sites is 1. The monoisotopic (exact) mass is 280 g/mol. The minimum atomic E-state index is -3.84. The van der Waals surface area contributed by atoms with Gasteiger partial charge in [-0.15, -0.1) is 0 Å². The molecule has 1 unspecified atom stereocenters. The van der Waals surface area contributed by atoms with Gasteiger partial charge in [0.25, 0.3) is 0 Å². The van der Waals surface area contributed by atoms with Gasteiger partial charge in [-0.2, -0.15) is 0 Å². The summed E-state index contributed by atoms with van der Waals surface area (Å²) in [6, 6.07) is 6.12. The Morgan fingerprint density at radius 3 is 2.74 bits per heavy atom. The third-order valence-electron chi connectivity index (χ3n) is 3.03. The summed E-state index contributed by atoms with van der Waals surface area (Å²) in [4.78, 5) is 11.8. The number of allylic oxidation sites excluding steroid dienone is 2. The number of hydrogen-bond donors (Lipinski definition) is 2. The molecule has 0 spiro atoms. The van der Waals surface area contributed by atoms with E-state index in [1.54, 1.807) is 12.1 Å². The Labute approximate surface area is 112 Å². The van der Waals surface area contributed by atoms with Crippen molar-refractivity contribution in [3.8, 4) is 0 Å². The largest absolute Gasteiger partial charge is 0.325 e. The first-order valence-electron chi connectivity index (χ1n) is 6.05. The van der Waals surface area contributed by atoms with Crippen molar-refractivity contribution in [3.05, 3.63) is 36.4 Å². The minimum absolute atomic E-state index is 0.0645. The Morgan fingerprint density at radius 2 is 2.11 bits per heavy atom. The van der Waals surface area contributed by atoms with E-state index in [2.05, 4.69) is 11.4 Å². The Kier molecular flexibility index (Phi) is 4.01. The highest BCUT2D eigenvalue weighted by molar-refractivity contribution is 7.89. The van der Waals surface area contributed by atoms with Crippen molar-refractivity contribution in [1.82, 2.24) is 0 Å². The molecule has 0 bridgehead atoms. The van der Waals surface area contributed by atoms with Crippen LogP contribution in [-0.2, 0) is 14.8 Å². The van der Waals surface area contributed by atoms with Crippen LogP contribution in [0.1, 0.15) is 19.3 Å². The van der Waals surface area contributed by atoms with Crippen LogP contribution in [0.3, 0.4) is 0 Å². The fourth-order valence-electron chi connectivity index (χ4n) is 2.12. The molecule has 1 aliphatic carbocycles. The molecular weight excluding hydrogens is 264 g/mol. The number of sulfonamides is 1. The number of primary sulfonamides is 1. The number of hydrogen-bond acceptors (Lipinski definition) is 3. The molecule has 0 aliphatic heterocycles. The third-order valence-corrected chi connectivity index (χ3v) is 4.00. The second-order valence-electron chi connectivity index (χ2n) is 4.56. The Hall–Kier alpha value is -1.66. The van der Waals surface area contributed by atoms with Crippen LogP contribution in [-0.4, -0.2) is 14.3 Å². The molecule has 0 radical (unpaired) electrons. The van der Waals surface area contributed by atoms with Gasteiger partial charge in [0, 0.05) is 6.42 Å². The lowest BCUT2D eigenvalue weighted by atomic mass is 10.1. The molecule has 0 heterocycles. The highest BCUT2D eigenvalue weighted by Gasteiger charge is 2.17. The van der Waals surface area contributed by atoms with Gasteiger partial charge >= 0.3 is 0 Å². The maximum atomic E-state index is 11.9. The van der Waals surface area contributed by atoms with Gasteiger partial charge in [-0.3, -0.25) is 4.79 Å². The maximum absolute atomic E-state index is 11.9. The predicted molar refractivity (Wildman–Crippen MR) is 72.9 cm³/mol. The lowest BCUT2D eigenvalue weighted by Gasteiger charge is -2.11. The number of nitrogens with two attached hydrogens (primary N) is 1. The van der Waals surface area contributed by atoms with Gasteiger partial charge in [0.05, 0.1) is 5.69 Å². The number of amides is 1. The van der Waals surface area contributed by atoms with Crippen molar-refractivity contribution < 1.29 is 13.2 Å². The first-order chi connectivity index (χ1) is 8.97. The first-order valence-corrected chi connectivity index (χ1v) is 7.60. The summed E-state index contributed by atoms with van der Waals surface area (Å²) in [7, 11) is -3.84. The van der Waals surface area contributed by atoms with Crippen molar-refractivity contribution in [2.24, 2.45) is 11.1 Å².